The van der Waals surface area contributed by atoms with E-state index < -0.39 is 0 Å². The summed E-state index contributed by atoms with van der Waals surface area (Å²) in [7, 11) is 0. The van der Waals surface area contributed by atoms with E-state index in [1.807, 2.05) is 18.2 Å². The Hall–Kier alpha value is -0.530. The van der Waals surface area contributed by atoms with Crippen molar-refractivity contribution in [3.05, 3.63) is 35.9 Å². The third kappa shape index (κ3) is 5.53. The monoisotopic (exact) mass is 239 g/mol. The van der Waals surface area contributed by atoms with Crippen molar-refractivity contribution in [1.29, 1.82) is 0 Å². The van der Waals surface area contributed by atoms with Crippen molar-refractivity contribution < 1.29 is 0 Å². The van der Waals surface area contributed by atoms with Gasteiger partial charge in [0.25, 0.3) is 0 Å². The molecule has 2 heteroatoms. The van der Waals surface area contributed by atoms with E-state index in [0.717, 1.165) is 19.0 Å². The third-order valence-corrected chi connectivity index (χ3v) is 3.03. The molecule has 1 aromatic rings. The Bertz CT molecular complexity index is 271. The first-order valence-electron chi connectivity index (χ1n) is 6.10. The van der Waals surface area contributed by atoms with Crippen molar-refractivity contribution >= 4 is 11.6 Å². The molecule has 0 bridgehead atoms. The van der Waals surface area contributed by atoms with Gasteiger partial charge in [0.1, 0.15) is 0 Å². The van der Waals surface area contributed by atoms with Crippen LogP contribution in [0.15, 0.2) is 30.3 Å². The largest absolute Gasteiger partial charge is 0.315 e. The van der Waals surface area contributed by atoms with Crippen molar-refractivity contribution in [3.8, 4) is 0 Å². The van der Waals surface area contributed by atoms with Gasteiger partial charge in [-0.05, 0) is 30.9 Å². The molecule has 16 heavy (non-hydrogen) atoms. The van der Waals surface area contributed by atoms with Gasteiger partial charge in [-0.25, -0.2) is 0 Å². The second-order valence-corrected chi connectivity index (χ2v) is 5.15. The molecular weight excluding hydrogens is 218 g/mol. The molecule has 0 aliphatic heterocycles. The number of rotatable bonds is 7. The van der Waals surface area contributed by atoms with Crippen LogP contribution in [0.4, 0.5) is 0 Å². The first kappa shape index (κ1) is 13.5. The first-order valence-corrected chi connectivity index (χ1v) is 6.53. The first-order chi connectivity index (χ1) is 7.70. The number of nitrogens with one attached hydrogen (secondary N) is 1. The molecule has 0 aliphatic carbocycles. The van der Waals surface area contributed by atoms with E-state index in [9.17, 15) is 0 Å². The van der Waals surface area contributed by atoms with E-state index in [-0.39, 0.29) is 5.38 Å². The zero-order valence-corrected chi connectivity index (χ0v) is 11.0. The van der Waals surface area contributed by atoms with Crippen LogP contribution < -0.4 is 5.32 Å². The van der Waals surface area contributed by atoms with Crippen molar-refractivity contribution in [1.82, 2.24) is 5.32 Å². The standard InChI is InChI=1S/C14H22ClN/c1-12(2)7-6-10-16-11-14(15)13-8-4-3-5-9-13/h3-5,8-9,12,14,16H,6-7,10-11H2,1-2H3. The summed E-state index contributed by atoms with van der Waals surface area (Å²) >= 11 is 6.29. The topological polar surface area (TPSA) is 12.0 Å². The smallest absolute Gasteiger partial charge is 0.0709 e. The average molecular weight is 240 g/mol. The minimum absolute atomic E-state index is 0.0836. The quantitative estimate of drug-likeness (QED) is 0.560. The minimum Gasteiger partial charge on any atom is -0.315 e. The Morgan fingerprint density at radius 2 is 1.88 bits per heavy atom. The van der Waals surface area contributed by atoms with Gasteiger partial charge < -0.3 is 5.32 Å². The number of hydrogen-bond acceptors (Lipinski definition) is 1. The molecule has 0 aliphatic rings. The summed E-state index contributed by atoms with van der Waals surface area (Å²) in [6.45, 7) is 6.43. The van der Waals surface area contributed by atoms with Gasteiger partial charge in [-0.1, -0.05) is 44.2 Å². The van der Waals surface area contributed by atoms with Crippen LogP contribution in [-0.2, 0) is 0 Å². The van der Waals surface area contributed by atoms with Crippen LogP contribution >= 0.6 is 11.6 Å². The molecule has 1 nitrogen and oxygen atoms in total. The van der Waals surface area contributed by atoms with Crippen LogP contribution in [0.5, 0.6) is 0 Å². The van der Waals surface area contributed by atoms with Crippen LogP contribution in [-0.4, -0.2) is 13.1 Å². The summed E-state index contributed by atoms with van der Waals surface area (Å²) in [5, 5.41) is 3.49. The highest BCUT2D eigenvalue weighted by atomic mass is 35.5. The Kier molecular flexibility index (Phi) is 6.51. The van der Waals surface area contributed by atoms with Gasteiger partial charge in [-0.15, -0.1) is 11.6 Å². The van der Waals surface area contributed by atoms with Crippen LogP contribution in [0.25, 0.3) is 0 Å². The summed E-state index contributed by atoms with van der Waals surface area (Å²) in [4.78, 5) is 0. The van der Waals surface area contributed by atoms with Gasteiger partial charge in [-0.3, -0.25) is 0 Å². The van der Waals surface area contributed by atoms with E-state index in [1.165, 1.54) is 18.4 Å². The molecule has 0 saturated heterocycles. The molecule has 1 rings (SSSR count). The second-order valence-electron chi connectivity index (χ2n) is 4.62. The molecule has 1 N–H and O–H groups in total. The van der Waals surface area contributed by atoms with Gasteiger partial charge in [0.05, 0.1) is 5.38 Å². The summed E-state index contributed by atoms with van der Waals surface area (Å²) in [5.74, 6) is 0.794. The van der Waals surface area contributed by atoms with Gasteiger partial charge in [0.2, 0.25) is 0 Å². The molecule has 0 spiro atoms. The average Bonchev–Trinajstić information content (AvgIpc) is 2.29. The highest BCUT2D eigenvalue weighted by molar-refractivity contribution is 6.21. The predicted octanol–water partition coefficient (Wildman–Crippen LogP) is 3.99. The lowest BCUT2D eigenvalue weighted by Gasteiger charge is -2.11. The molecular formula is C14H22ClN. The van der Waals surface area contributed by atoms with E-state index >= 15 is 0 Å². The maximum atomic E-state index is 6.29. The maximum absolute atomic E-state index is 6.29. The molecule has 0 saturated carbocycles. The van der Waals surface area contributed by atoms with Gasteiger partial charge >= 0.3 is 0 Å². The minimum atomic E-state index is 0.0836. The van der Waals surface area contributed by atoms with Crippen molar-refractivity contribution in [3.63, 3.8) is 0 Å². The highest BCUT2D eigenvalue weighted by Gasteiger charge is 2.05. The predicted molar refractivity (Wildman–Crippen MR) is 72.0 cm³/mol. The number of benzene rings is 1. The summed E-state index contributed by atoms with van der Waals surface area (Å²) in [6, 6.07) is 10.2. The maximum Gasteiger partial charge on any atom is 0.0709 e. The number of hydrogen-bond donors (Lipinski definition) is 1. The molecule has 0 fully saturated rings. The fourth-order valence-corrected chi connectivity index (χ4v) is 1.90. The lowest BCUT2D eigenvalue weighted by molar-refractivity contribution is 0.527. The molecule has 0 amide bonds. The van der Waals surface area contributed by atoms with Crippen LogP contribution in [0, 0.1) is 5.92 Å². The SMILES string of the molecule is CC(C)CCCNCC(Cl)c1ccccc1. The zero-order chi connectivity index (χ0) is 11.8. The Labute approximate surface area is 104 Å². The Morgan fingerprint density at radius 1 is 1.19 bits per heavy atom. The fourth-order valence-electron chi connectivity index (χ4n) is 1.64. The van der Waals surface area contributed by atoms with E-state index in [4.69, 9.17) is 11.6 Å². The normalized spacial score (nSPS) is 13.0. The molecule has 90 valence electrons. The summed E-state index contributed by atoms with van der Waals surface area (Å²) in [6.07, 6.45) is 2.52. The third-order valence-electron chi connectivity index (χ3n) is 2.62. The lowest BCUT2D eigenvalue weighted by Crippen LogP contribution is -2.20. The van der Waals surface area contributed by atoms with Gasteiger partial charge in [0.15, 0.2) is 0 Å². The van der Waals surface area contributed by atoms with Crippen molar-refractivity contribution in [2.75, 3.05) is 13.1 Å². The number of halogens is 1. The van der Waals surface area contributed by atoms with Crippen molar-refractivity contribution in [2.24, 2.45) is 5.92 Å². The molecule has 0 radical (unpaired) electrons. The molecule has 1 unspecified atom stereocenters. The van der Waals surface area contributed by atoms with Gasteiger partial charge in [0, 0.05) is 6.54 Å². The molecule has 1 atom stereocenters. The van der Waals surface area contributed by atoms with E-state index in [2.05, 4.69) is 31.3 Å². The van der Waals surface area contributed by atoms with Crippen LogP contribution in [0.2, 0.25) is 0 Å². The summed E-state index contributed by atoms with van der Waals surface area (Å²) in [5.41, 5.74) is 1.19. The molecule has 0 aromatic heterocycles. The van der Waals surface area contributed by atoms with Crippen LogP contribution in [0.3, 0.4) is 0 Å². The summed E-state index contributed by atoms with van der Waals surface area (Å²) < 4.78 is 0. The molecule has 1 aromatic carbocycles. The Morgan fingerprint density at radius 3 is 2.50 bits per heavy atom. The Balaban J connectivity index is 2.14. The second kappa shape index (κ2) is 7.70. The van der Waals surface area contributed by atoms with Gasteiger partial charge in [-0.2, -0.15) is 0 Å². The molecule has 0 heterocycles. The zero-order valence-electron chi connectivity index (χ0n) is 10.2. The highest BCUT2D eigenvalue weighted by Crippen LogP contribution is 2.18. The lowest BCUT2D eigenvalue weighted by atomic mass is 10.1. The van der Waals surface area contributed by atoms with E-state index in [1.54, 1.807) is 0 Å². The van der Waals surface area contributed by atoms with E-state index in [0.29, 0.717) is 0 Å². The van der Waals surface area contributed by atoms with Crippen molar-refractivity contribution in [2.45, 2.75) is 32.1 Å². The fraction of sp³-hybridized carbons (Fsp3) is 0.571. The number of alkyl halides is 1. The van der Waals surface area contributed by atoms with Crippen LogP contribution in [0.1, 0.15) is 37.6 Å².